The first-order chi connectivity index (χ1) is 26.8. The number of nitrogens with one attached hydrogen (secondary N) is 4. The second kappa shape index (κ2) is 15.1. The number of amides is 4. The molecule has 5 aromatic rings. The van der Waals surface area contributed by atoms with E-state index >= 15 is 8.78 Å². The Hall–Kier alpha value is -6.32. The predicted molar refractivity (Wildman–Crippen MR) is 202 cm³/mol. The van der Waals surface area contributed by atoms with E-state index < -0.39 is 18.1 Å². The number of methoxy groups -OCH3 is 2. The molecule has 4 amide bonds. The van der Waals surface area contributed by atoms with Gasteiger partial charge in [0.15, 0.2) is 0 Å². The van der Waals surface area contributed by atoms with Crippen molar-refractivity contribution in [3.63, 3.8) is 0 Å². The summed E-state index contributed by atoms with van der Waals surface area (Å²) in [6.07, 6.45) is 2.15. The van der Waals surface area contributed by atoms with Crippen molar-refractivity contribution in [1.29, 1.82) is 0 Å². The predicted octanol–water partition coefficient (Wildman–Crippen LogP) is 5.93. The molecule has 292 valence electrons. The third-order valence-corrected chi connectivity index (χ3v) is 10.4. The lowest BCUT2D eigenvalue weighted by Gasteiger charge is -2.25. The van der Waals surface area contributed by atoms with Crippen LogP contribution in [0.25, 0.3) is 44.5 Å². The lowest BCUT2D eigenvalue weighted by atomic mass is 9.98. The second-order valence-corrected chi connectivity index (χ2v) is 14.4. The van der Waals surface area contributed by atoms with E-state index in [4.69, 9.17) is 4.98 Å². The lowest BCUT2D eigenvalue weighted by Crippen LogP contribution is -2.42. The smallest absolute Gasteiger partial charge is 0.407 e. The fraction of sp³-hybridized carbons (Fsp3) is 0.350. The third kappa shape index (κ3) is 7.76. The number of fused-ring (bicyclic) bond motifs is 4. The van der Waals surface area contributed by atoms with Gasteiger partial charge in [-0.15, -0.1) is 0 Å². The number of alkyl carbamates (subject to hydrolysis) is 2. The van der Waals surface area contributed by atoms with Gasteiger partial charge < -0.3 is 39.9 Å². The van der Waals surface area contributed by atoms with Crippen molar-refractivity contribution < 1.29 is 37.4 Å². The van der Waals surface area contributed by atoms with Crippen LogP contribution >= 0.6 is 0 Å². The van der Waals surface area contributed by atoms with E-state index in [1.165, 1.54) is 31.3 Å². The molecule has 7 rings (SSSR count). The van der Waals surface area contributed by atoms with Crippen molar-refractivity contribution in [1.82, 2.24) is 40.4 Å². The van der Waals surface area contributed by atoms with Crippen LogP contribution in [-0.4, -0.2) is 94.1 Å². The summed E-state index contributed by atoms with van der Waals surface area (Å²) in [5.41, 5.74) is 4.41. The first-order valence-electron chi connectivity index (χ1n) is 18.2. The van der Waals surface area contributed by atoms with E-state index in [9.17, 15) is 19.2 Å². The van der Waals surface area contributed by atoms with Gasteiger partial charge in [0.05, 0.1) is 50.2 Å². The monoisotopic (exact) mass is 768 g/mol. The number of hydrogen-bond acceptors (Lipinski definition) is 8. The largest absolute Gasteiger partial charge is 0.453 e. The molecule has 0 aliphatic heterocycles. The summed E-state index contributed by atoms with van der Waals surface area (Å²) in [6, 6.07) is 15.5. The van der Waals surface area contributed by atoms with Crippen LogP contribution in [-0.2, 0) is 38.1 Å². The van der Waals surface area contributed by atoms with Gasteiger partial charge in [0.25, 0.3) is 5.92 Å². The van der Waals surface area contributed by atoms with Crippen LogP contribution < -0.4 is 10.6 Å². The van der Waals surface area contributed by atoms with Crippen LogP contribution in [0.15, 0.2) is 60.8 Å². The van der Waals surface area contributed by atoms with Crippen molar-refractivity contribution in [2.45, 2.75) is 45.7 Å². The molecule has 16 heteroatoms. The van der Waals surface area contributed by atoms with Crippen molar-refractivity contribution in [3.8, 4) is 33.5 Å². The molecule has 0 saturated heterocycles. The summed E-state index contributed by atoms with van der Waals surface area (Å²) in [5.74, 6) is -2.85. The van der Waals surface area contributed by atoms with Crippen molar-refractivity contribution in [3.05, 3.63) is 83.6 Å². The van der Waals surface area contributed by atoms with E-state index in [1.54, 1.807) is 36.2 Å². The van der Waals surface area contributed by atoms with Gasteiger partial charge in [-0.05, 0) is 71.7 Å². The van der Waals surface area contributed by atoms with Crippen molar-refractivity contribution >= 4 is 35.0 Å². The zero-order valence-electron chi connectivity index (χ0n) is 31.4. The molecule has 3 aromatic carbocycles. The number of aromatic amines is 2. The Morgan fingerprint density at radius 2 is 1.36 bits per heavy atom. The highest BCUT2D eigenvalue weighted by atomic mass is 19.3. The SMILES string of the molecule is CCN(Cc1ncc(-c2ccc3c(c2)C(F)(F)c2cc(-c4ccc5nc(CN(CC6(C)CC6)C(=O)CNC(=O)OC)[nH]c5c4)ccc2-3)[nH]1)C(=O)CNC(=O)OC. The van der Waals surface area contributed by atoms with Gasteiger partial charge in [0.1, 0.15) is 24.7 Å². The number of likely N-dealkylation sites (N-methyl/N-ethyl adjacent to an activating group) is 1. The highest BCUT2D eigenvalue weighted by Crippen LogP contribution is 2.52. The Morgan fingerprint density at radius 3 is 1.98 bits per heavy atom. The van der Waals surface area contributed by atoms with Crippen molar-refractivity contribution in [2.75, 3.05) is 40.4 Å². The normalized spacial score (nSPS) is 14.4. The topological polar surface area (TPSA) is 175 Å². The standard InChI is InChI=1S/C40H42F2N8O6/c1-5-49(35(51)18-44-37(53)55-3)20-33-43-17-32(48-33)25-7-10-27-26-9-6-23(14-28(26)40(41,42)29(27)15-25)24-8-11-30-31(16-24)47-34(46-30)21-50(22-39(2)12-13-39)36(52)19-45-38(54)56-4/h6-11,14-17H,5,12-13,18-22H2,1-4H3,(H,43,48)(H,44,53)(H,45,54)(H,46,47). The van der Waals surface area contributed by atoms with E-state index in [-0.39, 0.29) is 54.5 Å². The van der Waals surface area contributed by atoms with Gasteiger partial charge >= 0.3 is 12.2 Å². The summed E-state index contributed by atoms with van der Waals surface area (Å²) in [5, 5.41) is 4.82. The van der Waals surface area contributed by atoms with Crippen LogP contribution in [0, 0.1) is 5.41 Å². The van der Waals surface area contributed by atoms with Crippen molar-refractivity contribution in [2.24, 2.45) is 5.41 Å². The van der Waals surface area contributed by atoms with Crippen LogP contribution in [0.1, 0.15) is 49.5 Å². The molecule has 0 radical (unpaired) electrons. The van der Waals surface area contributed by atoms with E-state index in [2.05, 4.69) is 42.0 Å². The summed E-state index contributed by atoms with van der Waals surface area (Å²) in [7, 11) is 2.45. The van der Waals surface area contributed by atoms with Gasteiger partial charge in [-0.25, -0.2) is 19.6 Å². The van der Waals surface area contributed by atoms with Gasteiger partial charge in [0, 0.05) is 29.8 Å². The molecule has 4 N–H and O–H groups in total. The van der Waals surface area contributed by atoms with Gasteiger partial charge in [-0.1, -0.05) is 37.3 Å². The number of hydrogen-bond donors (Lipinski definition) is 4. The average Bonchev–Trinajstić information content (AvgIpc) is 3.48. The number of carbonyl (C=O) groups excluding carboxylic acids is 4. The van der Waals surface area contributed by atoms with E-state index in [1.807, 2.05) is 24.3 Å². The number of imidazole rings is 2. The summed E-state index contributed by atoms with van der Waals surface area (Å²) in [4.78, 5) is 67.3. The molecular weight excluding hydrogens is 726 g/mol. The minimum Gasteiger partial charge on any atom is -0.453 e. The summed E-state index contributed by atoms with van der Waals surface area (Å²) >= 11 is 0. The molecule has 2 aliphatic carbocycles. The van der Waals surface area contributed by atoms with Crippen LogP contribution in [0.2, 0.25) is 0 Å². The Bertz CT molecular complexity index is 2330. The van der Waals surface area contributed by atoms with Crippen LogP contribution in [0.3, 0.4) is 0 Å². The minimum atomic E-state index is -3.28. The maximum absolute atomic E-state index is 16.3. The molecule has 2 aliphatic rings. The fourth-order valence-electron chi connectivity index (χ4n) is 6.94. The molecule has 0 unspecified atom stereocenters. The van der Waals surface area contributed by atoms with Crippen LogP contribution in [0.4, 0.5) is 18.4 Å². The zero-order valence-corrected chi connectivity index (χ0v) is 31.4. The summed E-state index contributed by atoms with van der Waals surface area (Å²) < 4.78 is 41.7. The number of benzene rings is 3. The number of ether oxygens (including phenoxy) is 2. The molecule has 0 atom stereocenters. The number of H-pyrrole nitrogens is 2. The Morgan fingerprint density at radius 1 is 0.786 bits per heavy atom. The molecule has 56 heavy (non-hydrogen) atoms. The fourth-order valence-corrected chi connectivity index (χ4v) is 6.94. The highest BCUT2D eigenvalue weighted by molar-refractivity contribution is 5.87. The highest BCUT2D eigenvalue weighted by Gasteiger charge is 2.45. The molecular formula is C40H42F2N8O6. The summed E-state index contributed by atoms with van der Waals surface area (Å²) in [6.45, 7) is 4.69. The number of aromatic nitrogens is 4. The first-order valence-corrected chi connectivity index (χ1v) is 18.2. The number of nitrogens with zero attached hydrogens (tertiary/aromatic N) is 4. The Kier molecular flexibility index (Phi) is 10.2. The molecule has 2 heterocycles. The molecule has 1 fully saturated rings. The molecule has 0 bridgehead atoms. The molecule has 2 aromatic heterocycles. The molecule has 1 saturated carbocycles. The van der Waals surface area contributed by atoms with Gasteiger partial charge in [0.2, 0.25) is 11.8 Å². The van der Waals surface area contributed by atoms with Gasteiger partial charge in [-0.3, -0.25) is 9.59 Å². The zero-order chi connectivity index (χ0) is 39.8. The van der Waals surface area contributed by atoms with Gasteiger partial charge in [-0.2, -0.15) is 8.78 Å². The molecule has 14 nitrogen and oxygen atoms in total. The average molecular weight is 769 g/mol. The Labute approximate surface area is 321 Å². The minimum absolute atomic E-state index is 0.0204. The Balaban J connectivity index is 1.08. The second-order valence-electron chi connectivity index (χ2n) is 14.4. The van der Waals surface area contributed by atoms with Crippen LogP contribution in [0.5, 0.6) is 0 Å². The van der Waals surface area contributed by atoms with E-state index in [0.717, 1.165) is 12.8 Å². The quantitative estimate of drug-likeness (QED) is 0.114. The maximum Gasteiger partial charge on any atom is 0.407 e. The number of halogens is 2. The number of alkyl halides is 2. The first kappa shape index (κ1) is 38.0. The lowest BCUT2D eigenvalue weighted by molar-refractivity contribution is -0.132. The molecule has 0 spiro atoms. The maximum atomic E-state index is 16.3. The number of rotatable bonds is 13. The third-order valence-electron chi connectivity index (χ3n) is 10.4. The number of carbonyl (C=O) groups is 4. The van der Waals surface area contributed by atoms with E-state index in [0.29, 0.717) is 69.3 Å².